The summed E-state index contributed by atoms with van der Waals surface area (Å²) in [7, 11) is -0.280. The lowest BCUT2D eigenvalue weighted by molar-refractivity contribution is -0.00000547. The van der Waals surface area contributed by atoms with Gasteiger partial charge in [-0.3, -0.25) is 0 Å². The van der Waals surface area contributed by atoms with Gasteiger partial charge in [-0.1, -0.05) is 54.6 Å². The molecule has 0 aliphatic carbocycles. The van der Waals surface area contributed by atoms with E-state index in [2.05, 4.69) is 115 Å². The van der Waals surface area contributed by atoms with Gasteiger partial charge in [0.05, 0.1) is 7.11 Å². The minimum Gasteiger partial charge on any atom is -1.00 e. The fourth-order valence-electron chi connectivity index (χ4n) is 3.66. The maximum Gasteiger partial charge on any atom is 0.144 e. The third-order valence-electron chi connectivity index (χ3n) is 4.89. The zero-order chi connectivity index (χ0) is 18.5. The van der Waals surface area contributed by atoms with Crippen LogP contribution in [0, 0.1) is 0 Å². The van der Waals surface area contributed by atoms with Gasteiger partial charge in [0.1, 0.15) is 34.2 Å². The minimum absolute atomic E-state index is 0. The Hall–Kier alpha value is -2.60. The second-order valence-electron chi connectivity index (χ2n) is 6.38. The van der Waals surface area contributed by atoms with Crippen molar-refractivity contribution in [3.8, 4) is 5.75 Å². The summed E-state index contributed by atoms with van der Waals surface area (Å²) < 4.78 is 5.41. The molecule has 0 heterocycles. The molecule has 0 N–H and O–H groups in total. The van der Waals surface area contributed by atoms with E-state index >= 15 is 0 Å². The summed E-state index contributed by atoms with van der Waals surface area (Å²) in [5, 5.41) is 5.39. The molecule has 0 radical (unpaired) electrons. The Morgan fingerprint density at radius 1 is 0.464 bits per heavy atom. The van der Waals surface area contributed by atoms with E-state index in [4.69, 9.17) is 4.74 Å². The van der Waals surface area contributed by atoms with Crippen LogP contribution in [0.1, 0.15) is 0 Å². The van der Waals surface area contributed by atoms with Crippen LogP contribution in [0.5, 0.6) is 5.75 Å². The van der Waals surface area contributed by atoms with Crippen LogP contribution in [0.3, 0.4) is 0 Å². The van der Waals surface area contributed by atoms with Crippen molar-refractivity contribution in [2.45, 2.75) is 0 Å². The summed E-state index contributed by atoms with van der Waals surface area (Å²) in [6.07, 6.45) is 0. The van der Waals surface area contributed by atoms with Gasteiger partial charge in [-0.15, -0.1) is 0 Å². The Bertz CT molecular complexity index is 890. The van der Waals surface area contributed by atoms with Gasteiger partial charge in [-0.05, 0) is 60.7 Å². The zero-order valence-corrected chi connectivity index (χ0v) is 17.4. The molecule has 0 saturated carbocycles. The van der Waals surface area contributed by atoms with Crippen LogP contribution in [-0.2, 0) is 0 Å². The Morgan fingerprint density at radius 3 is 1.11 bits per heavy atom. The van der Waals surface area contributed by atoms with E-state index in [1.165, 1.54) is 21.2 Å². The van der Waals surface area contributed by atoms with E-state index < -0.39 is 7.26 Å². The first-order chi connectivity index (χ1) is 13.4. The third-order valence-corrected chi connectivity index (χ3v) is 9.18. The summed E-state index contributed by atoms with van der Waals surface area (Å²) in [5.41, 5.74) is 0. The van der Waals surface area contributed by atoms with Gasteiger partial charge in [0.25, 0.3) is 0 Å². The minimum atomic E-state index is -1.99. The average molecular weight is 405 g/mol. The van der Waals surface area contributed by atoms with Crippen molar-refractivity contribution in [3.63, 3.8) is 0 Å². The second kappa shape index (κ2) is 9.06. The smallest absolute Gasteiger partial charge is 0.144 e. The molecule has 0 aliphatic rings. The van der Waals surface area contributed by atoms with Gasteiger partial charge in [-0.25, -0.2) is 0 Å². The number of hydrogen-bond acceptors (Lipinski definition) is 1. The number of methoxy groups -OCH3 is 1. The van der Waals surface area contributed by atoms with Crippen LogP contribution in [0.15, 0.2) is 115 Å². The number of hydrogen-bond donors (Lipinski definition) is 0. The molecule has 0 aliphatic heterocycles. The number of halogens is 1. The molecule has 0 amide bonds. The lowest BCUT2D eigenvalue weighted by Gasteiger charge is -2.27. The Labute approximate surface area is 173 Å². The number of benzene rings is 4. The largest absolute Gasteiger partial charge is 1.00 e. The van der Waals surface area contributed by atoms with Crippen LogP contribution in [0.2, 0.25) is 0 Å². The van der Waals surface area contributed by atoms with Crippen LogP contribution >= 0.6 is 7.26 Å². The van der Waals surface area contributed by atoms with Gasteiger partial charge in [-0.2, -0.15) is 0 Å². The zero-order valence-electron chi connectivity index (χ0n) is 15.7. The van der Waals surface area contributed by atoms with E-state index in [1.807, 2.05) is 0 Å². The van der Waals surface area contributed by atoms with Crippen LogP contribution in [0.4, 0.5) is 0 Å². The molecule has 4 rings (SSSR count). The SMILES string of the molecule is COc1ccc([P+](c2ccccc2)(c2ccccc2)c2ccccc2)cc1.[Cl-]. The van der Waals surface area contributed by atoms with Crippen molar-refractivity contribution in [3.05, 3.63) is 115 Å². The summed E-state index contributed by atoms with van der Waals surface area (Å²) in [5.74, 6) is 0.881. The molecule has 0 bridgehead atoms. The molecule has 0 spiro atoms. The maximum atomic E-state index is 5.41. The molecule has 1 nitrogen and oxygen atoms in total. The fourth-order valence-corrected chi connectivity index (χ4v) is 7.90. The molecule has 0 fully saturated rings. The van der Waals surface area contributed by atoms with Crippen molar-refractivity contribution in [1.82, 2.24) is 0 Å². The molecular formula is C25H22ClOP. The summed E-state index contributed by atoms with van der Waals surface area (Å²) >= 11 is 0. The molecule has 0 atom stereocenters. The summed E-state index contributed by atoms with van der Waals surface area (Å²) in [4.78, 5) is 0. The van der Waals surface area contributed by atoms with Crippen molar-refractivity contribution >= 4 is 28.5 Å². The molecule has 140 valence electrons. The van der Waals surface area contributed by atoms with Crippen molar-refractivity contribution < 1.29 is 17.1 Å². The van der Waals surface area contributed by atoms with Gasteiger partial charge in [0.2, 0.25) is 0 Å². The maximum absolute atomic E-state index is 5.41. The summed E-state index contributed by atoms with van der Waals surface area (Å²) in [6, 6.07) is 41.2. The molecule has 3 heteroatoms. The first kappa shape index (κ1) is 20.1. The predicted octanol–water partition coefficient (Wildman–Crippen LogP) is 1.32. The third kappa shape index (κ3) is 3.56. The quantitative estimate of drug-likeness (QED) is 0.456. The molecule has 0 aromatic heterocycles. The highest BCUT2D eigenvalue weighted by Crippen LogP contribution is 2.54. The molecular weight excluding hydrogens is 383 g/mol. The molecule has 0 saturated heterocycles. The Balaban J connectivity index is 0.00000225. The van der Waals surface area contributed by atoms with Crippen LogP contribution in [0.25, 0.3) is 0 Å². The average Bonchev–Trinajstić information content (AvgIpc) is 2.77. The van der Waals surface area contributed by atoms with E-state index in [-0.39, 0.29) is 12.4 Å². The normalized spacial score (nSPS) is 10.8. The summed E-state index contributed by atoms with van der Waals surface area (Å²) in [6.45, 7) is 0. The molecule has 4 aromatic rings. The molecule has 28 heavy (non-hydrogen) atoms. The standard InChI is InChI=1S/C25H22OP.ClH/c1-26-21-17-19-25(20-18-21)27(22-11-5-2-6-12-22,23-13-7-3-8-14-23)24-15-9-4-10-16-24;/h2-20H,1H3;1H/q+1;/p-1. The van der Waals surface area contributed by atoms with Gasteiger partial charge in [0.15, 0.2) is 0 Å². The highest BCUT2D eigenvalue weighted by Gasteiger charge is 2.47. The number of rotatable bonds is 5. The lowest BCUT2D eigenvalue weighted by Crippen LogP contribution is -3.00. The Morgan fingerprint density at radius 2 is 0.786 bits per heavy atom. The lowest BCUT2D eigenvalue weighted by atomic mass is 10.3. The van der Waals surface area contributed by atoms with Gasteiger partial charge in [0, 0.05) is 0 Å². The van der Waals surface area contributed by atoms with Crippen LogP contribution in [-0.4, -0.2) is 7.11 Å². The van der Waals surface area contributed by atoms with Gasteiger partial charge < -0.3 is 17.1 Å². The molecule has 0 unspecified atom stereocenters. The molecule has 4 aromatic carbocycles. The monoisotopic (exact) mass is 404 g/mol. The number of ether oxygens (including phenoxy) is 1. The fraction of sp³-hybridized carbons (Fsp3) is 0.0400. The van der Waals surface area contributed by atoms with Gasteiger partial charge >= 0.3 is 0 Å². The van der Waals surface area contributed by atoms with Crippen molar-refractivity contribution in [1.29, 1.82) is 0 Å². The van der Waals surface area contributed by atoms with Crippen molar-refractivity contribution in [2.75, 3.05) is 7.11 Å². The van der Waals surface area contributed by atoms with E-state index in [1.54, 1.807) is 7.11 Å². The van der Waals surface area contributed by atoms with E-state index in [0.29, 0.717) is 0 Å². The highest BCUT2D eigenvalue weighted by molar-refractivity contribution is 8.01. The second-order valence-corrected chi connectivity index (χ2v) is 9.78. The van der Waals surface area contributed by atoms with Crippen molar-refractivity contribution in [2.24, 2.45) is 0 Å². The predicted molar refractivity (Wildman–Crippen MR) is 118 cm³/mol. The highest BCUT2D eigenvalue weighted by atomic mass is 35.5. The first-order valence-corrected chi connectivity index (χ1v) is 10.8. The van der Waals surface area contributed by atoms with Crippen LogP contribution < -0.4 is 38.4 Å². The first-order valence-electron chi connectivity index (χ1n) is 9.06. The Kier molecular flexibility index (Phi) is 6.52. The van der Waals surface area contributed by atoms with E-state index in [9.17, 15) is 0 Å². The topological polar surface area (TPSA) is 9.23 Å². The van der Waals surface area contributed by atoms with E-state index in [0.717, 1.165) is 5.75 Å².